The molecule has 0 aliphatic heterocycles. The molecule has 576 valence electrons. The molecule has 0 bridgehead atoms. The number of aliphatic carboxylic acids is 1. The van der Waals surface area contributed by atoms with Crippen LogP contribution in [-0.2, 0) is 33.3 Å². The molecule has 101 heavy (non-hydrogen) atoms. The first kappa shape index (κ1) is 95.9. The number of likely N-dealkylation sites (N-methyl/N-ethyl adjacent to an activating group) is 1. The van der Waals surface area contributed by atoms with Gasteiger partial charge in [-0.2, -0.15) is 0 Å². The number of unbranched alkanes of at least 4 members (excludes halogenated alkanes) is 35. The quantitative estimate of drug-likeness (QED) is 0.0211. The number of ether oxygens (including phenoxy) is 4. The van der Waals surface area contributed by atoms with Crippen LogP contribution < -0.4 is 0 Å². The molecule has 0 rings (SSSR count). The van der Waals surface area contributed by atoms with E-state index in [-0.39, 0.29) is 32.2 Å². The molecule has 0 aromatic heterocycles. The molecule has 0 heterocycles. The van der Waals surface area contributed by atoms with Gasteiger partial charge in [-0.1, -0.05) is 371 Å². The van der Waals surface area contributed by atoms with Crippen molar-refractivity contribution in [3.05, 3.63) is 158 Å². The van der Waals surface area contributed by atoms with Crippen molar-refractivity contribution in [3.63, 3.8) is 0 Å². The number of hydrogen-bond donors (Lipinski definition) is 1. The number of nitrogens with zero attached hydrogens (tertiary/aromatic N) is 1. The summed E-state index contributed by atoms with van der Waals surface area (Å²) in [7, 11) is 5.98. The van der Waals surface area contributed by atoms with Crippen LogP contribution in [0.1, 0.15) is 348 Å². The van der Waals surface area contributed by atoms with Crippen LogP contribution in [0.2, 0.25) is 0 Å². The van der Waals surface area contributed by atoms with Crippen molar-refractivity contribution in [1.82, 2.24) is 0 Å². The summed E-state index contributed by atoms with van der Waals surface area (Å²) >= 11 is 0. The lowest BCUT2D eigenvalue weighted by Gasteiger charge is -2.25. The van der Waals surface area contributed by atoms with Gasteiger partial charge in [-0.15, -0.1) is 0 Å². The van der Waals surface area contributed by atoms with Crippen molar-refractivity contribution < 1.29 is 42.9 Å². The lowest BCUT2D eigenvalue weighted by atomic mass is 10.0. The summed E-state index contributed by atoms with van der Waals surface area (Å²) in [5.74, 6) is -2.00. The molecular formula is C92H156NO8+. The van der Waals surface area contributed by atoms with E-state index in [2.05, 4.69) is 172 Å². The number of allylic oxidation sites excluding steroid dienone is 26. The van der Waals surface area contributed by atoms with Crippen LogP contribution in [0.5, 0.6) is 0 Å². The first-order valence-electron chi connectivity index (χ1n) is 41.6. The molecule has 0 radical (unpaired) electrons. The first-order valence-corrected chi connectivity index (χ1v) is 41.6. The zero-order chi connectivity index (χ0) is 73.2. The van der Waals surface area contributed by atoms with Crippen molar-refractivity contribution >= 4 is 17.9 Å². The van der Waals surface area contributed by atoms with Gasteiger partial charge in [0.2, 0.25) is 0 Å². The predicted molar refractivity (Wildman–Crippen MR) is 437 cm³/mol. The molecule has 1 N–H and O–H groups in total. The van der Waals surface area contributed by atoms with Gasteiger partial charge in [0.1, 0.15) is 13.2 Å². The molecule has 0 fully saturated rings. The van der Waals surface area contributed by atoms with E-state index in [1.54, 1.807) is 0 Å². The van der Waals surface area contributed by atoms with Gasteiger partial charge in [0, 0.05) is 12.8 Å². The van der Waals surface area contributed by atoms with Gasteiger partial charge in [-0.3, -0.25) is 9.59 Å². The molecule has 0 aromatic rings. The largest absolute Gasteiger partial charge is 0.477 e. The van der Waals surface area contributed by atoms with Gasteiger partial charge in [-0.25, -0.2) is 4.79 Å². The Hall–Kier alpha value is -5.09. The Labute approximate surface area is 623 Å². The van der Waals surface area contributed by atoms with Crippen LogP contribution in [0.15, 0.2) is 158 Å². The van der Waals surface area contributed by atoms with Crippen molar-refractivity contribution in [1.29, 1.82) is 0 Å². The minimum atomic E-state index is -1.52. The van der Waals surface area contributed by atoms with Crippen molar-refractivity contribution in [3.8, 4) is 0 Å². The summed E-state index contributed by atoms with van der Waals surface area (Å²) in [6.07, 6.45) is 117. The molecule has 9 nitrogen and oxygen atoms in total. The van der Waals surface area contributed by atoms with Gasteiger partial charge >= 0.3 is 17.9 Å². The number of carbonyl (C=O) groups excluding carboxylic acids is 2. The highest BCUT2D eigenvalue weighted by molar-refractivity contribution is 5.71. The van der Waals surface area contributed by atoms with E-state index in [0.717, 1.165) is 122 Å². The van der Waals surface area contributed by atoms with E-state index < -0.39 is 24.3 Å². The lowest BCUT2D eigenvalue weighted by Crippen LogP contribution is -2.40. The fourth-order valence-electron chi connectivity index (χ4n) is 11.5. The fraction of sp³-hybridized carbons (Fsp3) is 0.685. The number of carbonyl (C=O) groups is 3. The number of carboxylic acid groups (broad SMARTS) is 1. The molecule has 0 amide bonds. The monoisotopic (exact) mass is 1400 g/mol. The SMILES string of the molecule is CC/C=C\C/C=C\C/C=C\C/C=C\C/C=C\C/C=C\C/C=C\C/C=C\CCCCCCCCCCCCCCC(=O)OC(COC(=O)CCCCCCCCCCCCCCCCCCCCCCCCC/C=C\C/C=C\C/C=C\C/C=C\C/C=C\CC)COC(OCC[N+](C)(C)C)C(=O)O. The highest BCUT2D eigenvalue weighted by Gasteiger charge is 2.25. The van der Waals surface area contributed by atoms with Crippen LogP contribution in [0.3, 0.4) is 0 Å². The molecule has 0 aliphatic rings. The maximum absolute atomic E-state index is 13.0. The van der Waals surface area contributed by atoms with E-state index in [9.17, 15) is 19.5 Å². The summed E-state index contributed by atoms with van der Waals surface area (Å²) in [5.41, 5.74) is 0. The third-order valence-electron chi connectivity index (χ3n) is 17.8. The molecule has 2 atom stereocenters. The Morgan fingerprint density at radius 2 is 0.535 bits per heavy atom. The third-order valence-corrected chi connectivity index (χ3v) is 17.8. The van der Waals surface area contributed by atoms with Crippen LogP contribution in [0.4, 0.5) is 0 Å². The van der Waals surface area contributed by atoms with Gasteiger partial charge in [0.25, 0.3) is 6.29 Å². The van der Waals surface area contributed by atoms with Crippen LogP contribution in [0, 0.1) is 0 Å². The van der Waals surface area contributed by atoms with Crippen molar-refractivity contribution in [2.24, 2.45) is 0 Å². The molecule has 2 unspecified atom stereocenters. The molecule has 0 saturated carbocycles. The second kappa shape index (κ2) is 80.6. The smallest absolute Gasteiger partial charge is 0.361 e. The van der Waals surface area contributed by atoms with E-state index >= 15 is 0 Å². The molecule has 0 spiro atoms. The molecular weight excluding hydrogens is 1250 g/mol. The minimum absolute atomic E-state index is 0.183. The summed E-state index contributed by atoms with van der Waals surface area (Å²) in [4.78, 5) is 37.8. The fourth-order valence-corrected chi connectivity index (χ4v) is 11.5. The minimum Gasteiger partial charge on any atom is -0.477 e. The van der Waals surface area contributed by atoms with Crippen LogP contribution in [0.25, 0.3) is 0 Å². The second-order valence-electron chi connectivity index (χ2n) is 28.7. The number of quaternary nitrogens is 1. The van der Waals surface area contributed by atoms with Crippen LogP contribution in [-0.4, -0.2) is 87.4 Å². The highest BCUT2D eigenvalue weighted by Crippen LogP contribution is 2.19. The van der Waals surface area contributed by atoms with Crippen LogP contribution >= 0.6 is 0 Å². The third kappa shape index (κ3) is 82.1. The highest BCUT2D eigenvalue weighted by atomic mass is 16.7. The maximum atomic E-state index is 13.0. The molecule has 9 heteroatoms. The van der Waals surface area contributed by atoms with Crippen molar-refractivity contribution in [2.75, 3.05) is 47.5 Å². The summed E-state index contributed by atoms with van der Waals surface area (Å²) in [6, 6.07) is 0. The van der Waals surface area contributed by atoms with Gasteiger partial charge < -0.3 is 28.5 Å². The number of rotatable bonds is 76. The van der Waals surface area contributed by atoms with Gasteiger partial charge in [0.05, 0.1) is 34.4 Å². The average molecular weight is 1400 g/mol. The standard InChI is InChI=1S/C92H155NO8/c1-6-8-10-12-14-16-18-20-22-24-26-28-30-32-34-36-38-40-42-44-45-47-48-50-52-54-56-58-60-62-64-66-68-70-72-74-76-78-80-82-89(94)99-86-88(87-100-92(91(96)97)98-85-84-93(3,4)5)101-90(95)83-81-79-77-75-73-71-69-67-65-63-61-59-57-55-53-51-49-46-43-41-39-37-35-33-31-29-27-25-23-21-19-17-15-13-11-9-7-2/h8-11,14-17,20-23,26-29,32-35,39,41,46,49,53,55,88,92H,6-7,12-13,18-19,24-25,30-31,36-38,40,42-45,47-48,50-52,54,56-87H2,1-5H3/p+1/b10-8-,11-9-,16-14-,17-15-,22-20-,23-21-,28-26-,29-27-,34-32-,35-33-,41-39-,49-46-,55-53-. The summed E-state index contributed by atoms with van der Waals surface area (Å²) < 4.78 is 23.1. The normalized spacial score (nSPS) is 13.5. The molecule has 0 aromatic carbocycles. The van der Waals surface area contributed by atoms with Crippen molar-refractivity contribution in [2.45, 2.75) is 360 Å². The number of carboxylic acids is 1. The predicted octanol–water partition coefficient (Wildman–Crippen LogP) is 27.1. The maximum Gasteiger partial charge on any atom is 0.361 e. The number of hydrogen-bond acceptors (Lipinski definition) is 7. The Kier molecular flexibility index (Phi) is 76.5. The van der Waals surface area contributed by atoms with E-state index in [1.807, 2.05) is 21.1 Å². The first-order chi connectivity index (χ1) is 49.6. The average Bonchev–Trinajstić information content (AvgIpc) is 1.25. The topological polar surface area (TPSA) is 108 Å². The lowest BCUT2D eigenvalue weighted by molar-refractivity contribution is -0.870. The molecule has 0 aliphatic carbocycles. The second-order valence-corrected chi connectivity index (χ2v) is 28.7. The number of esters is 2. The van der Waals surface area contributed by atoms with E-state index in [4.69, 9.17) is 18.9 Å². The Bertz CT molecular complexity index is 2230. The Morgan fingerprint density at radius 3 is 0.792 bits per heavy atom. The van der Waals surface area contributed by atoms with Gasteiger partial charge in [0.15, 0.2) is 6.10 Å². The van der Waals surface area contributed by atoms with E-state index in [0.29, 0.717) is 23.9 Å². The van der Waals surface area contributed by atoms with Gasteiger partial charge in [-0.05, 0) is 122 Å². The molecule has 0 saturated heterocycles. The Balaban J connectivity index is 4.02. The zero-order valence-electron chi connectivity index (χ0n) is 66.0. The Morgan fingerprint density at radius 1 is 0.297 bits per heavy atom. The van der Waals surface area contributed by atoms with E-state index in [1.165, 1.54) is 193 Å². The zero-order valence-corrected chi connectivity index (χ0v) is 66.0. The summed E-state index contributed by atoms with van der Waals surface area (Å²) in [6.45, 7) is 4.67. The summed E-state index contributed by atoms with van der Waals surface area (Å²) in [5, 5.41) is 9.78.